The van der Waals surface area contributed by atoms with Crippen molar-refractivity contribution < 1.29 is 13.3 Å². The van der Waals surface area contributed by atoms with E-state index in [-0.39, 0.29) is 30.5 Å². The Kier molecular flexibility index (Phi) is 8.45. The van der Waals surface area contributed by atoms with Crippen LogP contribution in [0.4, 0.5) is 5.69 Å². The van der Waals surface area contributed by atoms with Gasteiger partial charge in [-0.2, -0.15) is 4.31 Å². The molecule has 0 saturated heterocycles. The van der Waals surface area contributed by atoms with Gasteiger partial charge in [0, 0.05) is 19.2 Å². The average Bonchev–Trinajstić information content (AvgIpc) is 2.58. The molecule has 0 bridgehead atoms. The van der Waals surface area contributed by atoms with Crippen molar-refractivity contribution in [3.05, 3.63) is 69.2 Å². The Morgan fingerprint density at radius 3 is 2.35 bits per heavy atom. The van der Waals surface area contributed by atoms with E-state index in [0.29, 0.717) is 13.0 Å². The van der Waals surface area contributed by atoms with Crippen LogP contribution < -0.4 is 5.73 Å². The first kappa shape index (κ1) is 22.3. The number of hydrogen-bond acceptors (Lipinski definition) is 5. The minimum absolute atomic E-state index is 0. The summed E-state index contributed by atoms with van der Waals surface area (Å²) in [5.74, 6) is 0. The molecule has 2 aromatic rings. The van der Waals surface area contributed by atoms with Gasteiger partial charge < -0.3 is 5.73 Å². The third-order valence-corrected chi connectivity index (χ3v) is 5.92. The van der Waals surface area contributed by atoms with E-state index < -0.39 is 25.5 Å². The van der Waals surface area contributed by atoms with Gasteiger partial charge in [0.05, 0.1) is 9.95 Å². The van der Waals surface area contributed by atoms with E-state index in [1.54, 1.807) is 24.3 Å². The van der Waals surface area contributed by atoms with Crippen molar-refractivity contribution in [3.63, 3.8) is 0 Å². The number of benzene rings is 2. The molecule has 0 amide bonds. The van der Waals surface area contributed by atoms with Gasteiger partial charge in [0.15, 0.2) is 4.90 Å². The summed E-state index contributed by atoms with van der Waals surface area (Å²) in [7, 11) is -4.17. The van der Waals surface area contributed by atoms with Gasteiger partial charge in [-0.1, -0.05) is 48.0 Å². The monoisotopic (exact) mass is 419 g/mol. The van der Waals surface area contributed by atoms with E-state index in [1.165, 1.54) is 16.4 Å². The molecule has 0 saturated carbocycles. The zero-order valence-electron chi connectivity index (χ0n) is 13.7. The number of nitro benzene ring substituents is 1. The van der Waals surface area contributed by atoms with Gasteiger partial charge in [0.2, 0.25) is 0 Å². The molecular weight excluding hydrogens is 401 g/mol. The maximum absolute atomic E-state index is 13.1. The lowest BCUT2D eigenvalue weighted by Crippen LogP contribution is -2.33. The van der Waals surface area contributed by atoms with Crippen molar-refractivity contribution in [3.8, 4) is 0 Å². The van der Waals surface area contributed by atoms with E-state index in [0.717, 1.165) is 11.6 Å². The fraction of sp³-hybridized carbons (Fsp3) is 0.250. The van der Waals surface area contributed by atoms with Crippen LogP contribution in [0.15, 0.2) is 53.4 Å². The highest BCUT2D eigenvalue weighted by Gasteiger charge is 2.33. The molecule has 7 nitrogen and oxygen atoms in total. The van der Waals surface area contributed by atoms with Crippen LogP contribution in [-0.4, -0.2) is 30.7 Å². The number of halogens is 2. The normalized spacial score (nSPS) is 11.2. The van der Waals surface area contributed by atoms with E-state index in [2.05, 4.69) is 0 Å². The Morgan fingerprint density at radius 1 is 1.12 bits per heavy atom. The molecule has 0 aliphatic heterocycles. The van der Waals surface area contributed by atoms with Gasteiger partial charge >= 0.3 is 0 Å². The largest absolute Gasteiger partial charge is 0.330 e. The van der Waals surface area contributed by atoms with Crippen LogP contribution in [0.25, 0.3) is 0 Å². The van der Waals surface area contributed by atoms with Gasteiger partial charge in [-0.05, 0) is 24.6 Å². The highest BCUT2D eigenvalue weighted by Crippen LogP contribution is 2.33. The molecule has 0 aromatic heterocycles. The van der Waals surface area contributed by atoms with Gasteiger partial charge in [-0.3, -0.25) is 10.1 Å². The van der Waals surface area contributed by atoms with Crippen molar-refractivity contribution in [1.82, 2.24) is 4.31 Å². The van der Waals surface area contributed by atoms with E-state index in [4.69, 9.17) is 17.3 Å². The topological polar surface area (TPSA) is 107 Å². The maximum Gasteiger partial charge on any atom is 0.290 e. The molecule has 26 heavy (non-hydrogen) atoms. The van der Waals surface area contributed by atoms with Crippen molar-refractivity contribution in [2.45, 2.75) is 17.9 Å². The summed E-state index contributed by atoms with van der Waals surface area (Å²) in [6.45, 7) is 0.507. The Hall–Kier alpha value is -1.71. The number of rotatable bonds is 8. The molecular formula is C16H19Cl2N3O4S. The Labute approximate surface area is 163 Å². The van der Waals surface area contributed by atoms with Gasteiger partial charge in [-0.15, -0.1) is 12.4 Å². The van der Waals surface area contributed by atoms with Crippen LogP contribution in [0.3, 0.4) is 0 Å². The van der Waals surface area contributed by atoms with Crippen LogP contribution >= 0.6 is 24.0 Å². The molecule has 2 rings (SSSR count). The second kappa shape index (κ2) is 9.84. The van der Waals surface area contributed by atoms with E-state index in [1.807, 2.05) is 6.07 Å². The second-order valence-electron chi connectivity index (χ2n) is 5.31. The summed E-state index contributed by atoms with van der Waals surface area (Å²) >= 11 is 6.00. The maximum atomic E-state index is 13.1. The lowest BCUT2D eigenvalue weighted by Gasteiger charge is -2.22. The molecule has 0 heterocycles. The third-order valence-electron chi connectivity index (χ3n) is 3.55. The number of hydrogen-bond donors (Lipinski definition) is 1. The van der Waals surface area contributed by atoms with E-state index in [9.17, 15) is 18.5 Å². The standard InChI is InChI=1S/C16H18ClN3O4S.ClH/c17-14-8-4-9-15(20(21)22)16(14)25(23,24)19(11-5-10-18)12-13-6-2-1-3-7-13;/h1-4,6-9H,5,10-12,18H2;1H. The number of nitro groups is 1. The molecule has 0 radical (unpaired) electrons. The minimum atomic E-state index is -4.17. The summed E-state index contributed by atoms with van der Waals surface area (Å²) < 4.78 is 27.3. The SMILES string of the molecule is Cl.NCCCN(Cc1ccccc1)S(=O)(=O)c1c(Cl)cccc1[N+](=O)[O-]. The van der Waals surface area contributed by atoms with Gasteiger partial charge in [0.1, 0.15) is 0 Å². The fourth-order valence-electron chi connectivity index (χ4n) is 2.36. The van der Waals surface area contributed by atoms with Crippen LogP contribution in [-0.2, 0) is 16.6 Å². The molecule has 142 valence electrons. The second-order valence-corrected chi connectivity index (χ2v) is 7.59. The first-order valence-electron chi connectivity index (χ1n) is 7.55. The summed E-state index contributed by atoms with van der Waals surface area (Å²) in [5.41, 5.74) is 5.72. The molecule has 2 aromatic carbocycles. The van der Waals surface area contributed by atoms with Crippen molar-refractivity contribution in [2.75, 3.05) is 13.1 Å². The van der Waals surface area contributed by atoms with Gasteiger partial charge in [0.25, 0.3) is 15.7 Å². The summed E-state index contributed by atoms with van der Waals surface area (Å²) in [4.78, 5) is 10.0. The lowest BCUT2D eigenvalue weighted by molar-refractivity contribution is -0.387. The summed E-state index contributed by atoms with van der Waals surface area (Å²) in [6.07, 6.45) is 0.421. The molecule has 0 atom stereocenters. The minimum Gasteiger partial charge on any atom is -0.330 e. The van der Waals surface area contributed by atoms with Crippen molar-refractivity contribution >= 4 is 39.7 Å². The van der Waals surface area contributed by atoms with Crippen molar-refractivity contribution in [2.24, 2.45) is 5.73 Å². The zero-order valence-corrected chi connectivity index (χ0v) is 16.1. The predicted molar refractivity (Wildman–Crippen MR) is 103 cm³/mol. The van der Waals surface area contributed by atoms with Crippen LogP contribution in [0.1, 0.15) is 12.0 Å². The van der Waals surface area contributed by atoms with Crippen LogP contribution in [0, 0.1) is 10.1 Å². The highest BCUT2D eigenvalue weighted by atomic mass is 35.5. The van der Waals surface area contributed by atoms with Crippen molar-refractivity contribution in [1.29, 1.82) is 0 Å². The molecule has 0 aliphatic rings. The Bertz CT molecular complexity index is 848. The van der Waals surface area contributed by atoms with Gasteiger partial charge in [-0.25, -0.2) is 8.42 Å². The molecule has 10 heteroatoms. The molecule has 0 unspecified atom stereocenters. The molecule has 0 fully saturated rings. The Balaban J connectivity index is 0.00000338. The van der Waals surface area contributed by atoms with E-state index >= 15 is 0 Å². The first-order valence-corrected chi connectivity index (χ1v) is 9.36. The number of sulfonamides is 1. The smallest absolute Gasteiger partial charge is 0.290 e. The zero-order chi connectivity index (χ0) is 18.4. The Morgan fingerprint density at radius 2 is 1.77 bits per heavy atom. The average molecular weight is 420 g/mol. The number of nitrogens with zero attached hydrogens (tertiary/aromatic N) is 2. The fourth-order valence-corrected chi connectivity index (χ4v) is 4.49. The molecule has 2 N–H and O–H groups in total. The third kappa shape index (κ3) is 5.15. The quantitative estimate of drug-likeness (QED) is 0.521. The van der Waals surface area contributed by atoms with Crippen LogP contribution in [0.5, 0.6) is 0 Å². The highest BCUT2D eigenvalue weighted by molar-refractivity contribution is 7.89. The first-order chi connectivity index (χ1) is 11.9. The summed E-state index contributed by atoms with van der Waals surface area (Å²) in [6, 6.07) is 12.8. The summed E-state index contributed by atoms with van der Waals surface area (Å²) in [5, 5.41) is 11.1. The molecule has 0 spiro atoms. The number of nitrogens with two attached hydrogens (primary N) is 1. The molecule has 0 aliphatic carbocycles. The predicted octanol–water partition coefficient (Wildman–Crippen LogP) is 3.21. The van der Waals surface area contributed by atoms with Crippen LogP contribution in [0.2, 0.25) is 5.02 Å². The lowest BCUT2D eigenvalue weighted by atomic mass is 10.2.